The molecule has 0 saturated heterocycles. The number of hydrogen-bond donors (Lipinski definition) is 1. The highest BCUT2D eigenvalue weighted by atomic mass is 15.3. The van der Waals surface area contributed by atoms with Crippen molar-refractivity contribution < 1.29 is 0 Å². The highest BCUT2D eigenvalue weighted by Gasteiger charge is 2.21. The van der Waals surface area contributed by atoms with E-state index in [9.17, 15) is 0 Å². The lowest BCUT2D eigenvalue weighted by atomic mass is 9.91. The van der Waals surface area contributed by atoms with Crippen LogP contribution in [-0.4, -0.2) is 20.8 Å². The molecule has 0 unspecified atom stereocenters. The molecule has 0 amide bonds. The summed E-state index contributed by atoms with van der Waals surface area (Å²) < 4.78 is 2.15. The standard InChI is InChI=1S/C9H16N4/c1-7-12-11-6-13(7)9-4-2-3-8(10)5-9/h6,8-9H,2-5,10H2,1H3/t8-,9+/m0/s1. The summed E-state index contributed by atoms with van der Waals surface area (Å²) in [7, 11) is 0. The molecule has 1 aliphatic carbocycles. The molecule has 0 spiro atoms. The lowest BCUT2D eigenvalue weighted by Crippen LogP contribution is -2.29. The maximum Gasteiger partial charge on any atom is 0.129 e. The Balaban J connectivity index is 2.12. The van der Waals surface area contributed by atoms with Gasteiger partial charge in [0.05, 0.1) is 0 Å². The van der Waals surface area contributed by atoms with Crippen LogP contribution in [0.4, 0.5) is 0 Å². The Morgan fingerprint density at radius 3 is 3.00 bits per heavy atom. The number of nitrogens with zero attached hydrogens (tertiary/aromatic N) is 3. The number of hydrogen-bond acceptors (Lipinski definition) is 3. The lowest BCUT2D eigenvalue weighted by Gasteiger charge is -2.27. The van der Waals surface area contributed by atoms with E-state index in [2.05, 4.69) is 14.8 Å². The zero-order valence-electron chi connectivity index (χ0n) is 7.98. The minimum Gasteiger partial charge on any atom is -0.328 e. The van der Waals surface area contributed by atoms with Crippen LogP contribution in [0.2, 0.25) is 0 Å². The summed E-state index contributed by atoms with van der Waals surface area (Å²) in [6, 6.07) is 0.888. The quantitative estimate of drug-likeness (QED) is 0.702. The van der Waals surface area contributed by atoms with Crippen molar-refractivity contribution in [1.29, 1.82) is 0 Å². The van der Waals surface area contributed by atoms with Gasteiger partial charge < -0.3 is 10.3 Å². The lowest BCUT2D eigenvalue weighted by molar-refractivity contribution is 0.315. The smallest absolute Gasteiger partial charge is 0.129 e. The minimum atomic E-state index is 0.362. The van der Waals surface area contributed by atoms with Gasteiger partial charge in [0.1, 0.15) is 12.2 Å². The first-order valence-electron chi connectivity index (χ1n) is 4.89. The van der Waals surface area contributed by atoms with Crippen LogP contribution in [0.25, 0.3) is 0 Å². The molecular formula is C9H16N4. The second kappa shape index (κ2) is 3.46. The first kappa shape index (κ1) is 8.69. The van der Waals surface area contributed by atoms with Gasteiger partial charge in [-0.05, 0) is 32.6 Å². The van der Waals surface area contributed by atoms with Crippen molar-refractivity contribution >= 4 is 0 Å². The molecule has 4 nitrogen and oxygen atoms in total. The summed E-state index contributed by atoms with van der Waals surface area (Å²) in [5.41, 5.74) is 5.93. The molecule has 2 rings (SSSR count). The van der Waals surface area contributed by atoms with Crippen molar-refractivity contribution in [1.82, 2.24) is 14.8 Å². The maximum atomic E-state index is 5.93. The van der Waals surface area contributed by atoms with Gasteiger partial charge in [0.2, 0.25) is 0 Å². The Bertz CT molecular complexity index is 281. The summed E-state index contributed by atoms with van der Waals surface area (Å²) in [5, 5.41) is 7.88. The molecule has 13 heavy (non-hydrogen) atoms. The normalized spacial score (nSPS) is 29.1. The second-order valence-corrected chi connectivity index (χ2v) is 3.87. The molecule has 1 aliphatic rings. The largest absolute Gasteiger partial charge is 0.328 e. The fourth-order valence-corrected chi connectivity index (χ4v) is 2.11. The molecule has 1 heterocycles. The van der Waals surface area contributed by atoms with Crippen molar-refractivity contribution in [2.45, 2.75) is 44.7 Å². The molecule has 1 saturated carbocycles. The number of nitrogens with two attached hydrogens (primary N) is 1. The average Bonchev–Trinajstić information content (AvgIpc) is 2.51. The molecule has 4 heteroatoms. The van der Waals surface area contributed by atoms with E-state index in [1.54, 1.807) is 0 Å². The van der Waals surface area contributed by atoms with Crippen molar-refractivity contribution in [2.24, 2.45) is 5.73 Å². The van der Waals surface area contributed by atoms with Crippen LogP contribution in [0.1, 0.15) is 37.5 Å². The van der Waals surface area contributed by atoms with Crippen LogP contribution in [0.5, 0.6) is 0 Å². The third-order valence-corrected chi connectivity index (χ3v) is 2.83. The second-order valence-electron chi connectivity index (χ2n) is 3.87. The summed E-state index contributed by atoms with van der Waals surface area (Å²) >= 11 is 0. The van der Waals surface area contributed by atoms with Gasteiger partial charge in [0, 0.05) is 12.1 Å². The first-order valence-corrected chi connectivity index (χ1v) is 4.89. The summed E-state index contributed by atoms with van der Waals surface area (Å²) in [6.07, 6.45) is 6.49. The van der Waals surface area contributed by atoms with Crippen molar-refractivity contribution in [3.63, 3.8) is 0 Å². The monoisotopic (exact) mass is 180 g/mol. The van der Waals surface area contributed by atoms with E-state index in [1.165, 1.54) is 12.8 Å². The number of rotatable bonds is 1. The molecule has 0 aromatic carbocycles. The fraction of sp³-hybridized carbons (Fsp3) is 0.778. The number of aromatic nitrogens is 3. The van der Waals surface area contributed by atoms with Gasteiger partial charge in [-0.15, -0.1) is 10.2 Å². The molecule has 2 N–H and O–H groups in total. The zero-order valence-corrected chi connectivity index (χ0v) is 7.98. The molecular weight excluding hydrogens is 164 g/mol. The SMILES string of the molecule is Cc1nncn1[C@@H]1CCC[C@H](N)C1. The van der Waals surface area contributed by atoms with E-state index < -0.39 is 0 Å². The van der Waals surface area contributed by atoms with Gasteiger partial charge in [-0.1, -0.05) is 0 Å². The van der Waals surface area contributed by atoms with Crippen LogP contribution in [-0.2, 0) is 0 Å². The molecule has 1 fully saturated rings. The van der Waals surface area contributed by atoms with E-state index in [1.807, 2.05) is 13.3 Å². The van der Waals surface area contributed by atoms with Crippen molar-refractivity contribution in [2.75, 3.05) is 0 Å². The van der Waals surface area contributed by atoms with E-state index >= 15 is 0 Å². The van der Waals surface area contributed by atoms with Gasteiger partial charge >= 0.3 is 0 Å². The maximum absolute atomic E-state index is 5.93. The Kier molecular flexibility index (Phi) is 2.31. The summed E-state index contributed by atoms with van der Waals surface area (Å²) in [6.45, 7) is 1.99. The third kappa shape index (κ3) is 1.72. The highest BCUT2D eigenvalue weighted by Crippen LogP contribution is 2.27. The van der Waals surface area contributed by atoms with E-state index in [-0.39, 0.29) is 0 Å². The Labute approximate surface area is 78.1 Å². The van der Waals surface area contributed by atoms with Gasteiger partial charge in [-0.3, -0.25) is 0 Å². The molecule has 0 bridgehead atoms. The zero-order chi connectivity index (χ0) is 9.26. The Morgan fingerprint density at radius 2 is 2.38 bits per heavy atom. The molecule has 0 aliphatic heterocycles. The van der Waals surface area contributed by atoms with Crippen LogP contribution in [0, 0.1) is 6.92 Å². The highest BCUT2D eigenvalue weighted by molar-refractivity contribution is 4.89. The van der Waals surface area contributed by atoms with E-state index in [4.69, 9.17) is 5.73 Å². The van der Waals surface area contributed by atoms with Crippen molar-refractivity contribution in [3.05, 3.63) is 12.2 Å². The molecule has 1 aromatic heterocycles. The van der Waals surface area contributed by atoms with Crippen LogP contribution in [0.15, 0.2) is 6.33 Å². The summed E-state index contributed by atoms with van der Waals surface area (Å²) in [5.74, 6) is 0.999. The van der Waals surface area contributed by atoms with Crippen LogP contribution >= 0.6 is 0 Å². The predicted molar refractivity (Wildman–Crippen MR) is 50.2 cm³/mol. The van der Waals surface area contributed by atoms with Gasteiger partial charge in [0.15, 0.2) is 0 Å². The Hall–Kier alpha value is -0.900. The van der Waals surface area contributed by atoms with E-state index in [0.717, 1.165) is 18.7 Å². The van der Waals surface area contributed by atoms with Crippen molar-refractivity contribution in [3.8, 4) is 0 Å². The van der Waals surface area contributed by atoms with Crippen LogP contribution in [0.3, 0.4) is 0 Å². The first-order chi connectivity index (χ1) is 6.27. The predicted octanol–water partition coefficient (Wildman–Crippen LogP) is 1.03. The fourth-order valence-electron chi connectivity index (χ4n) is 2.11. The minimum absolute atomic E-state index is 0.362. The van der Waals surface area contributed by atoms with Gasteiger partial charge in [-0.25, -0.2) is 0 Å². The van der Waals surface area contributed by atoms with Crippen LogP contribution < -0.4 is 5.73 Å². The summed E-state index contributed by atoms with van der Waals surface area (Å²) in [4.78, 5) is 0. The third-order valence-electron chi connectivity index (χ3n) is 2.83. The molecule has 72 valence electrons. The molecule has 1 aromatic rings. The average molecular weight is 180 g/mol. The van der Waals surface area contributed by atoms with E-state index in [0.29, 0.717) is 12.1 Å². The van der Waals surface area contributed by atoms with Gasteiger partial charge in [0.25, 0.3) is 0 Å². The topological polar surface area (TPSA) is 56.7 Å². The number of aryl methyl sites for hydroxylation is 1. The Morgan fingerprint density at radius 1 is 1.54 bits per heavy atom. The van der Waals surface area contributed by atoms with Gasteiger partial charge in [-0.2, -0.15) is 0 Å². The molecule has 2 atom stereocenters. The molecule has 0 radical (unpaired) electrons.